The fraction of sp³-hybridized carbons (Fsp3) is 0.538. The number of halogens is 1. The highest BCUT2D eigenvalue weighted by molar-refractivity contribution is 7.99. The summed E-state index contributed by atoms with van der Waals surface area (Å²) in [6, 6.07) is 8.05. The molecule has 0 saturated carbocycles. The normalized spacial score (nSPS) is 20.2. The average molecular weight is 256 g/mol. The van der Waals surface area contributed by atoms with E-state index in [-0.39, 0.29) is 0 Å². The van der Waals surface area contributed by atoms with E-state index < -0.39 is 0 Å². The van der Waals surface area contributed by atoms with Crippen LogP contribution in [-0.2, 0) is 6.54 Å². The molecular formula is C13H18ClNS. The molecule has 1 atom stereocenters. The molecule has 16 heavy (non-hydrogen) atoms. The van der Waals surface area contributed by atoms with Gasteiger partial charge in [-0.1, -0.05) is 29.8 Å². The van der Waals surface area contributed by atoms with Gasteiger partial charge in [0.1, 0.15) is 0 Å². The van der Waals surface area contributed by atoms with Crippen molar-refractivity contribution in [2.24, 2.45) is 5.92 Å². The van der Waals surface area contributed by atoms with Crippen LogP contribution in [0, 0.1) is 5.92 Å². The minimum absolute atomic E-state index is 0.867. The van der Waals surface area contributed by atoms with E-state index in [0.717, 1.165) is 24.0 Å². The van der Waals surface area contributed by atoms with Crippen molar-refractivity contribution in [1.82, 2.24) is 5.32 Å². The Morgan fingerprint density at radius 3 is 3.00 bits per heavy atom. The lowest BCUT2D eigenvalue weighted by molar-refractivity contribution is 0.510. The Kier molecular flexibility index (Phi) is 5.01. The van der Waals surface area contributed by atoms with Crippen molar-refractivity contribution in [1.29, 1.82) is 0 Å². The first-order chi connectivity index (χ1) is 7.86. The van der Waals surface area contributed by atoms with Crippen molar-refractivity contribution in [3.63, 3.8) is 0 Å². The van der Waals surface area contributed by atoms with E-state index in [0.29, 0.717) is 0 Å². The predicted molar refractivity (Wildman–Crippen MR) is 73.2 cm³/mol. The zero-order valence-electron chi connectivity index (χ0n) is 9.42. The van der Waals surface area contributed by atoms with E-state index in [1.807, 2.05) is 18.2 Å². The summed E-state index contributed by atoms with van der Waals surface area (Å²) >= 11 is 8.18. The van der Waals surface area contributed by atoms with Crippen LogP contribution in [0.3, 0.4) is 0 Å². The Morgan fingerprint density at radius 1 is 1.38 bits per heavy atom. The highest BCUT2D eigenvalue weighted by atomic mass is 35.5. The Morgan fingerprint density at radius 2 is 2.25 bits per heavy atom. The monoisotopic (exact) mass is 255 g/mol. The summed E-state index contributed by atoms with van der Waals surface area (Å²) in [5.74, 6) is 3.65. The Balaban J connectivity index is 1.66. The van der Waals surface area contributed by atoms with Crippen LogP contribution in [0.1, 0.15) is 18.4 Å². The van der Waals surface area contributed by atoms with Crippen LogP contribution in [-0.4, -0.2) is 18.1 Å². The number of thioether (sulfide) groups is 1. The molecular weight excluding hydrogens is 238 g/mol. The van der Waals surface area contributed by atoms with E-state index in [1.54, 1.807) is 0 Å². The molecule has 1 heterocycles. The average Bonchev–Trinajstić information content (AvgIpc) is 2.79. The summed E-state index contributed by atoms with van der Waals surface area (Å²) in [6.07, 6.45) is 2.70. The highest BCUT2D eigenvalue weighted by Crippen LogP contribution is 2.25. The van der Waals surface area contributed by atoms with Gasteiger partial charge in [-0.2, -0.15) is 11.8 Å². The van der Waals surface area contributed by atoms with Crippen molar-refractivity contribution in [2.45, 2.75) is 19.4 Å². The van der Waals surface area contributed by atoms with E-state index in [4.69, 9.17) is 11.6 Å². The zero-order valence-corrected chi connectivity index (χ0v) is 11.0. The molecule has 0 radical (unpaired) electrons. The first-order valence-electron chi connectivity index (χ1n) is 5.88. The zero-order chi connectivity index (χ0) is 11.2. The maximum Gasteiger partial charge on any atom is 0.0450 e. The van der Waals surface area contributed by atoms with Crippen molar-refractivity contribution in [2.75, 3.05) is 18.1 Å². The molecule has 1 aliphatic heterocycles. The third-order valence-electron chi connectivity index (χ3n) is 3.03. The highest BCUT2D eigenvalue weighted by Gasteiger charge is 2.14. The van der Waals surface area contributed by atoms with Crippen LogP contribution < -0.4 is 5.32 Å². The van der Waals surface area contributed by atoms with Gasteiger partial charge >= 0.3 is 0 Å². The molecule has 1 aromatic carbocycles. The fourth-order valence-corrected chi connectivity index (χ4v) is 3.52. The van der Waals surface area contributed by atoms with Gasteiger partial charge in [-0.15, -0.1) is 0 Å². The van der Waals surface area contributed by atoms with Gasteiger partial charge in [-0.3, -0.25) is 0 Å². The lowest BCUT2D eigenvalue weighted by Gasteiger charge is -2.09. The molecule has 0 spiro atoms. The Bertz CT molecular complexity index is 323. The first kappa shape index (κ1) is 12.3. The third-order valence-corrected chi connectivity index (χ3v) is 4.63. The molecule has 0 amide bonds. The van der Waals surface area contributed by atoms with Crippen LogP contribution in [0.4, 0.5) is 0 Å². The molecule has 0 aliphatic carbocycles. The molecule has 1 aliphatic rings. The Labute approximate surface area is 107 Å². The van der Waals surface area contributed by atoms with Gasteiger partial charge in [-0.25, -0.2) is 0 Å². The van der Waals surface area contributed by atoms with Crippen molar-refractivity contribution < 1.29 is 0 Å². The quantitative estimate of drug-likeness (QED) is 0.808. The van der Waals surface area contributed by atoms with Crippen LogP contribution in [0.15, 0.2) is 24.3 Å². The second kappa shape index (κ2) is 6.53. The molecule has 0 aromatic heterocycles. The largest absolute Gasteiger partial charge is 0.313 e. The molecule has 2 rings (SSSR count). The molecule has 1 aromatic rings. The minimum atomic E-state index is 0.867. The molecule has 88 valence electrons. The summed E-state index contributed by atoms with van der Waals surface area (Å²) in [5.41, 5.74) is 1.20. The number of benzene rings is 1. The van der Waals surface area contributed by atoms with Crippen molar-refractivity contribution in [3.8, 4) is 0 Å². The molecule has 0 bridgehead atoms. The molecule has 1 unspecified atom stereocenters. The van der Waals surface area contributed by atoms with Crippen LogP contribution in [0.2, 0.25) is 5.02 Å². The molecule has 1 nitrogen and oxygen atoms in total. The lowest BCUT2D eigenvalue weighted by Crippen LogP contribution is -2.17. The van der Waals surface area contributed by atoms with Gasteiger partial charge in [0.15, 0.2) is 0 Å². The predicted octanol–water partition coefficient (Wildman–Crippen LogP) is 3.57. The number of nitrogens with one attached hydrogen (secondary N) is 1. The number of rotatable bonds is 5. The summed E-state index contributed by atoms with van der Waals surface area (Å²) in [4.78, 5) is 0. The molecule has 1 saturated heterocycles. The second-order valence-electron chi connectivity index (χ2n) is 4.29. The van der Waals surface area contributed by atoms with Gasteiger partial charge in [0.2, 0.25) is 0 Å². The van der Waals surface area contributed by atoms with Gasteiger partial charge in [0.25, 0.3) is 0 Å². The SMILES string of the molecule is Clc1ccccc1CNCCC1CCSC1. The first-order valence-corrected chi connectivity index (χ1v) is 7.41. The topological polar surface area (TPSA) is 12.0 Å². The van der Waals surface area contributed by atoms with Gasteiger partial charge in [0, 0.05) is 11.6 Å². The molecule has 1 fully saturated rings. The van der Waals surface area contributed by atoms with Crippen LogP contribution in [0.25, 0.3) is 0 Å². The minimum Gasteiger partial charge on any atom is -0.313 e. The van der Waals surface area contributed by atoms with Gasteiger partial charge in [-0.05, 0) is 48.4 Å². The smallest absolute Gasteiger partial charge is 0.0450 e. The maximum atomic E-state index is 6.09. The Hall–Kier alpha value is -0.180. The van der Waals surface area contributed by atoms with Gasteiger partial charge in [0.05, 0.1) is 0 Å². The van der Waals surface area contributed by atoms with E-state index >= 15 is 0 Å². The summed E-state index contributed by atoms with van der Waals surface area (Å²) in [7, 11) is 0. The second-order valence-corrected chi connectivity index (χ2v) is 5.84. The third kappa shape index (κ3) is 3.69. The summed E-state index contributed by atoms with van der Waals surface area (Å²) < 4.78 is 0. The van der Waals surface area contributed by atoms with Gasteiger partial charge < -0.3 is 5.32 Å². The maximum absolute atomic E-state index is 6.09. The fourth-order valence-electron chi connectivity index (χ4n) is 1.98. The van der Waals surface area contributed by atoms with Crippen LogP contribution in [0.5, 0.6) is 0 Å². The number of hydrogen-bond donors (Lipinski definition) is 1. The molecule has 1 N–H and O–H groups in total. The van der Waals surface area contributed by atoms with Crippen molar-refractivity contribution >= 4 is 23.4 Å². The standard InChI is InChI=1S/C13H18ClNS/c14-13-4-2-1-3-12(13)9-15-7-5-11-6-8-16-10-11/h1-4,11,15H,5-10H2. The van der Waals surface area contributed by atoms with E-state index in [9.17, 15) is 0 Å². The summed E-state index contributed by atoms with van der Waals surface area (Å²) in [6.45, 7) is 2.00. The van der Waals surface area contributed by atoms with E-state index in [1.165, 1.54) is 29.9 Å². The number of hydrogen-bond acceptors (Lipinski definition) is 2. The van der Waals surface area contributed by atoms with E-state index in [2.05, 4.69) is 23.1 Å². The van der Waals surface area contributed by atoms with Crippen molar-refractivity contribution in [3.05, 3.63) is 34.9 Å². The molecule has 3 heteroatoms. The van der Waals surface area contributed by atoms with Crippen LogP contribution >= 0.6 is 23.4 Å². The summed E-state index contributed by atoms with van der Waals surface area (Å²) in [5, 5.41) is 4.34. The lowest BCUT2D eigenvalue weighted by atomic mass is 10.1.